The highest BCUT2D eigenvalue weighted by atomic mass is 35.5. The Hall–Kier alpha value is -3.23. The SMILES string of the molecule is COC(=O)C1=C(C)N=C2SC=C(CC(=O)NCCOc3ccccc3)N2[C@H]1c1ccc(Cl)cc1. The molecular weight excluding hydrogens is 474 g/mol. The van der Waals surface area contributed by atoms with Crippen LogP contribution >= 0.6 is 23.4 Å². The van der Waals surface area contributed by atoms with Crippen LogP contribution in [-0.4, -0.2) is 42.2 Å². The molecule has 0 aliphatic carbocycles. The number of benzene rings is 2. The number of allylic oxidation sites excluding steroid dienone is 1. The van der Waals surface area contributed by atoms with Gasteiger partial charge in [-0.1, -0.05) is 53.7 Å². The number of hydrogen-bond donors (Lipinski definition) is 1. The van der Waals surface area contributed by atoms with E-state index < -0.39 is 12.0 Å². The number of thioether (sulfide) groups is 1. The second kappa shape index (κ2) is 10.8. The number of amidine groups is 1. The van der Waals surface area contributed by atoms with Crippen LogP contribution in [0, 0.1) is 0 Å². The van der Waals surface area contributed by atoms with Gasteiger partial charge in [-0.15, -0.1) is 0 Å². The third-order valence-corrected chi connectivity index (χ3v) is 6.51. The number of ether oxygens (including phenoxy) is 2. The molecule has 0 aromatic heterocycles. The molecule has 1 amide bonds. The standard InChI is InChI=1S/C25H24ClN3O4S/c1-16-22(24(31)32-2)23(17-8-10-18(26)11-9-17)29-19(15-34-25(29)28-16)14-21(30)27-12-13-33-20-6-4-3-5-7-20/h3-11,15,23H,12-14H2,1-2H3,(H,27,30)/t23-/m0/s1. The number of hydrogen-bond acceptors (Lipinski definition) is 7. The number of nitrogens with one attached hydrogen (secondary N) is 1. The summed E-state index contributed by atoms with van der Waals surface area (Å²) in [5, 5.41) is 6.09. The zero-order valence-corrected chi connectivity index (χ0v) is 20.4. The lowest BCUT2D eigenvalue weighted by atomic mass is 9.94. The van der Waals surface area contributed by atoms with E-state index in [4.69, 9.17) is 21.1 Å². The molecule has 0 unspecified atom stereocenters. The molecule has 2 aliphatic heterocycles. The predicted octanol–water partition coefficient (Wildman–Crippen LogP) is 4.67. The van der Waals surface area contributed by atoms with Crippen molar-refractivity contribution in [2.75, 3.05) is 20.3 Å². The quantitative estimate of drug-likeness (QED) is 0.421. The summed E-state index contributed by atoms with van der Waals surface area (Å²) in [6, 6.07) is 16.2. The molecule has 4 rings (SSSR count). The maximum atomic E-state index is 12.7. The molecule has 2 aliphatic rings. The summed E-state index contributed by atoms with van der Waals surface area (Å²) >= 11 is 7.52. The van der Waals surface area contributed by atoms with Crippen LogP contribution in [0.15, 0.2) is 82.0 Å². The molecule has 9 heteroatoms. The van der Waals surface area contributed by atoms with Crippen LogP contribution in [0.5, 0.6) is 5.75 Å². The summed E-state index contributed by atoms with van der Waals surface area (Å²) in [6.45, 7) is 2.53. The van der Waals surface area contributed by atoms with Crippen molar-refractivity contribution >= 4 is 40.4 Å². The van der Waals surface area contributed by atoms with Crippen molar-refractivity contribution in [1.82, 2.24) is 10.2 Å². The Morgan fingerprint density at radius 3 is 2.59 bits per heavy atom. The lowest BCUT2D eigenvalue weighted by Crippen LogP contribution is -2.38. The van der Waals surface area contributed by atoms with Crippen LogP contribution in [0.4, 0.5) is 0 Å². The number of rotatable bonds is 8. The van der Waals surface area contributed by atoms with Crippen molar-refractivity contribution in [1.29, 1.82) is 0 Å². The first-order valence-corrected chi connectivity index (χ1v) is 12.0. The molecule has 34 heavy (non-hydrogen) atoms. The van der Waals surface area contributed by atoms with Gasteiger partial charge in [0.1, 0.15) is 12.4 Å². The Morgan fingerprint density at radius 2 is 1.88 bits per heavy atom. The molecule has 0 saturated carbocycles. The van der Waals surface area contributed by atoms with E-state index in [1.165, 1.54) is 18.9 Å². The maximum Gasteiger partial charge on any atom is 0.338 e. The largest absolute Gasteiger partial charge is 0.492 e. The number of nitrogens with zero attached hydrogens (tertiary/aromatic N) is 2. The first kappa shape index (κ1) is 23.9. The highest BCUT2D eigenvalue weighted by Crippen LogP contribution is 2.44. The van der Waals surface area contributed by atoms with Gasteiger partial charge in [0, 0.05) is 10.7 Å². The van der Waals surface area contributed by atoms with E-state index in [2.05, 4.69) is 10.3 Å². The number of aliphatic imine (C=N–C) groups is 1. The van der Waals surface area contributed by atoms with Crippen LogP contribution in [0.25, 0.3) is 0 Å². The summed E-state index contributed by atoms with van der Waals surface area (Å²) in [7, 11) is 1.35. The molecule has 2 aromatic rings. The van der Waals surface area contributed by atoms with Gasteiger partial charge >= 0.3 is 5.97 Å². The summed E-state index contributed by atoms with van der Waals surface area (Å²) < 4.78 is 10.7. The van der Waals surface area contributed by atoms with Crippen molar-refractivity contribution in [3.8, 4) is 5.75 Å². The van der Waals surface area contributed by atoms with Gasteiger partial charge in [-0.2, -0.15) is 0 Å². The van der Waals surface area contributed by atoms with Crippen LogP contribution in [0.1, 0.15) is 24.9 Å². The molecule has 0 fully saturated rings. The van der Waals surface area contributed by atoms with E-state index in [0.29, 0.717) is 34.6 Å². The van der Waals surface area contributed by atoms with Gasteiger partial charge in [0.25, 0.3) is 0 Å². The number of carbonyl (C=O) groups excluding carboxylic acids is 2. The molecule has 0 spiro atoms. The summed E-state index contributed by atoms with van der Waals surface area (Å²) in [5.74, 6) is 0.147. The highest BCUT2D eigenvalue weighted by molar-refractivity contribution is 8.16. The van der Waals surface area contributed by atoms with Gasteiger partial charge in [0.2, 0.25) is 5.91 Å². The van der Waals surface area contributed by atoms with Crippen molar-refractivity contribution < 1.29 is 19.1 Å². The van der Waals surface area contributed by atoms with Crippen molar-refractivity contribution in [3.63, 3.8) is 0 Å². The normalized spacial score (nSPS) is 17.0. The Bertz CT molecular complexity index is 1160. The van der Waals surface area contributed by atoms with Gasteiger partial charge in [-0.3, -0.25) is 4.79 Å². The number of methoxy groups -OCH3 is 1. The van der Waals surface area contributed by atoms with Crippen LogP contribution < -0.4 is 10.1 Å². The highest BCUT2D eigenvalue weighted by Gasteiger charge is 2.40. The smallest absolute Gasteiger partial charge is 0.338 e. The first-order valence-electron chi connectivity index (χ1n) is 10.7. The number of halogens is 1. The number of para-hydroxylation sites is 1. The monoisotopic (exact) mass is 497 g/mol. The van der Waals surface area contributed by atoms with Crippen LogP contribution in [0.2, 0.25) is 5.02 Å². The summed E-state index contributed by atoms with van der Waals surface area (Å²) in [5.41, 5.74) is 2.61. The molecule has 7 nitrogen and oxygen atoms in total. The minimum absolute atomic E-state index is 0.134. The minimum atomic E-state index is -0.479. The Labute approximate surface area is 207 Å². The number of esters is 1. The predicted molar refractivity (Wildman–Crippen MR) is 133 cm³/mol. The van der Waals surface area contributed by atoms with Crippen LogP contribution in [0.3, 0.4) is 0 Å². The third-order valence-electron chi connectivity index (χ3n) is 5.37. The molecule has 0 saturated heterocycles. The summed E-state index contributed by atoms with van der Waals surface area (Å²) in [4.78, 5) is 32.0. The van der Waals surface area contributed by atoms with Gasteiger partial charge in [0.15, 0.2) is 5.17 Å². The van der Waals surface area contributed by atoms with E-state index >= 15 is 0 Å². The summed E-state index contributed by atoms with van der Waals surface area (Å²) in [6.07, 6.45) is 0.134. The van der Waals surface area contributed by atoms with E-state index in [1.807, 2.05) is 52.8 Å². The number of amides is 1. The van der Waals surface area contributed by atoms with Gasteiger partial charge in [0.05, 0.1) is 37.4 Å². The molecule has 2 aromatic carbocycles. The average molecular weight is 498 g/mol. The minimum Gasteiger partial charge on any atom is -0.492 e. The number of fused-ring (bicyclic) bond motifs is 1. The fraction of sp³-hybridized carbons (Fsp3) is 0.240. The maximum absolute atomic E-state index is 12.7. The van der Waals surface area contributed by atoms with Crippen molar-refractivity contribution in [3.05, 3.63) is 87.6 Å². The van der Waals surface area contributed by atoms with Crippen molar-refractivity contribution in [2.24, 2.45) is 4.99 Å². The zero-order chi connectivity index (χ0) is 24.1. The average Bonchev–Trinajstić information content (AvgIpc) is 3.23. The second-order valence-corrected chi connectivity index (χ2v) is 8.90. The van der Waals surface area contributed by atoms with Gasteiger partial charge < -0.3 is 19.7 Å². The van der Waals surface area contributed by atoms with E-state index in [-0.39, 0.29) is 12.3 Å². The number of carbonyl (C=O) groups is 2. The zero-order valence-electron chi connectivity index (χ0n) is 18.8. The van der Waals surface area contributed by atoms with E-state index in [1.54, 1.807) is 19.1 Å². The molecule has 1 N–H and O–H groups in total. The molecular formula is C25H24ClN3O4S. The van der Waals surface area contributed by atoms with Crippen molar-refractivity contribution in [2.45, 2.75) is 19.4 Å². The molecule has 2 heterocycles. The van der Waals surface area contributed by atoms with Gasteiger partial charge in [-0.25, -0.2) is 9.79 Å². The second-order valence-electron chi connectivity index (χ2n) is 7.62. The molecule has 0 bridgehead atoms. The third kappa shape index (κ3) is 5.29. The van der Waals surface area contributed by atoms with Crippen LogP contribution in [-0.2, 0) is 14.3 Å². The molecule has 176 valence electrons. The Morgan fingerprint density at radius 1 is 1.15 bits per heavy atom. The topological polar surface area (TPSA) is 80.2 Å². The molecule has 0 radical (unpaired) electrons. The van der Waals surface area contributed by atoms with Gasteiger partial charge in [-0.05, 0) is 42.2 Å². The fourth-order valence-corrected chi connectivity index (χ4v) is 4.89. The Balaban J connectivity index is 1.48. The lowest BCUT2D eigenvalue weighted by molar-refractivity contribution is -0.136. The Kier molecular flexibility index (Phi) is 7.59. The first-order chi connectivity index (χ1) is 16.5. The van der Waals surface area contributed by atoms with E-state index in [9.17, 15) is 9.59 Å². The van der Waals surface area contributed by atoms with E-state index in [0.717, 1.165) is 17.0 Å². The fourth-order valence-electron chi connectivity index (χ4n) is 3.80. The lowest BCUT2D eigenvalue weighted by Gasteiger charge is -2.36. The molecule has 1 atom stereocenters.